The zero-order chi connectivity index (χ0) is 39.0. The maximum absolute atomic E-state index is 13.6. The second-order valence-corrected chi connectivity index (χ2v) is 13.6. The molecule has 1 fully saturated rings. The summed E-state index contributed by atoms with van der Waals surface area (Å²) in [7, 11) is 0. The van der Waals surface area contributed by atoms with Crippen LogP contribution >= 0.6 is 0 Å². The number of carbonyl (C=O) groups excluding carboxylic acids is 8. The Morgan fingerprint density at radius 2 is 1.31 bits per heavy atom. The third-order valence-corrected chi connectivity index (χ3v) is 8.06. The Morgan fingerprint density at radius 3 is 1.82 bits per heavy atom. The van der Waals surface area contributed by atoms with Gasteiger partial charge >= 0.3 is 5.97 Å². The lowest BCUT2D eigenvalue weighted by molar-refractivity contribution is -0.139. The summed E-state index contributed by atoms with van der Waals surface area (Å²) in [6.45, 7) is 9.11. The molecule has 0 aromatic rings. The Kier molecular flexibility index (Phi) is 18.6. The van der Waals surface area contributed by atoms with E-state index >= 15 is 0 Å². The van der Waals surface area contributed by atoms with Gasteiger partial charge in [0.05, 0.1) is 13.1 Å². The van der Waals surface area contributed by atoms with Crippen molar-refractivity contribution >= 4 is 53.2 Å². The first-order chi connectivity index (χ1) is 23.8. The lowest BCUT2D eigenvalue weighted by Crippen LogP contribution is -2.60. The maximum Gasteiger partial charge on any atom is 0.322 e. The van der Waals surface area contributed by atoms with E-state index in [1.165, 1.54) is 4.90 Å². The van der Waals surface area contributed by atoms with E-state index in [4.69, 9.17) is 16.6 Å². The molecule has 1 aliphatic rings. The van der Waals surface area contributed by atoms with E-state index in [1.54, 1.807) is 27.7 Å². The molecule has 1 rings (SSSR count). The number of carboxylic acid groups (broad SMARTS) is 1. The first-order valence-corrected chi connectivity index (χ1v) is 17.0. The van der Waals surface area contributed by atoms with Gasteiger partial charge < -0.3 is 53.4 Å². The fourth-order valence-electron chi connectivity index (χ4n) is 5.33. The van der Waals surface area contributed by atoms with Crippen molar-refractivity contribution in [2.24, 2.45) is 29.2 Å². The summed E-state index contributed by atoms with van der Waals surface area (Å²) < 4.78 is 0. The summed E-state index contributed by atoms with van der Waals surface area (Å²) in [5.74, 6) is -7.77. The van der Waals surface area contributed by atoms with Gasteiger partial charge in [-0.05, 0) is 43.4 Å². The molecular formula is C32H55N9O10. The lowest BCUT2D eigenvalue weighted by atomic mass is 9.98. The molecule has 288 valence electrons. The Labute approximate surface area is 297 Å². The first-order valence-electron chi connectivity index (χ1n) is 17.0. The van der Waals surface area contributed by atoms with Gasteiger partial charge in [0, 0.05) is 13.0 Å². The molecular weight excluding hydrogens is 670 g/mol. The molecule has 19 heteroatoms. The average Bonchev–Trinajstić information content (AvgIpc) is 3.54. The number of nitrogens with one attached hydrogen (secondary N) is 6. The van der Waals surface area contributed by atoms with E-state index in [-0.39, 0.29) is 31.7 Å². The maximum atomic E-state index is 13.6. The number of hydrogen-bond donors (Lipinski definition) is 9. The van der Waals surface area contributed by atoms with E-state index in [9.17, 15) is 43.2 Å². The topological polar surface area (TPSA) is 301 Å². The molecule has 19 nitrogen and oxygen atoms in total. The van der Waals surface area contributed by atoms with Gasteiger partial charge in [-0.2, -0.15) is 0 Å². The molecule has 1 saturated heterocycles. The summed E-state index contributed by atoms with van der Waals surface area (Å²) in [5, 5.41) is 23.6. The van der Waals surface area contributed by atoms with Crippen molar-refractivity contribution in [1.29, 1.82) is 0 Å². The number of nitrogens with zero attached hydrogens (tertiary/aromatic N) is 1. The molecule has 1 heterocycles. The zero-order valence-electron chi connectivity index (χ0n) is 30.2. The van der Waals surface area contributed by atoms with Gasteiger partial charge in [-0.15, -0.1) is 0 Å². The second kappa shape index (κ2) is 21.4. The quantitative estimate of drug-likeness (QED) is 0.0568. The van der Waals surface area contributed by atoms with Gasteiger partial charge in [-0.1, -0.05) is 41.5 Å². The van der Waals surface area contributed by atoms with Crippen LogP contribution < -0.4 is 43.4 Å². The van der Waals surface area contributed by atoms with E-state index in [2.05, 4.69) is 31.9 Å². The fourth-order valence-corrected chi connectivity index (χ4v) is 5.33. The Morgan fingerprint density at radius 1 is 0.745 bits per heavy atom. The van der Waals surface area contributed by atoms with Crippen molar-refractivity contribution in [1.82, 2.24) is 36.8 Å². The summed E-state index contributed by atoms with van der Waals surface area (Å²) in [6, 6.07) is -5.64. The van der Waals surface area contributed by atoms with Crippen LogP contribution in [0.2, 0.25) is 0 Å². The van der Waals surface area contributed by atoms with Crippen LogP contribution in [0.15, 0.2) is 0 Å². The van der Waals surface area contributed by atoms with Gasteiger partial charge in [0.2, 0.25) is 47.3 Å². The Bertz CT molecular complexity index is 1290. The van der Waals surface area contributed by atoms with Crippen molar-refractivity contribution in [3.63, 3.8) is 0 Å². The van der Waals surface area contributed by atoms with Gasteiger partial charge in [0.15, 0.2) is 0 Å². The molecule has 0 aromatic heterocycles. The van der Waals surface area contributed by atoms with Crippen LogP contribution in [0.3, 0.4) is 0 Å². The molecule has 0 radical (unpaired) electrons. The number of hydrogen-bond acceptors (Lipinski definition) is 10. The molecule has 0 bridgehead atoms. The predicted octanol–water partition coefficient (Wildman–Crippen LogP) is -3.18. The van der Waals surface area contributed by atoms with E-state index in [0.29, 0.717) is 19.4 Å². The molecule has 0 aromatic carbocycles. The van der Waals surface area contributed by atoms with Crippen LogP contribution in [0.4, 0.5) is 0 Å². The molecule has 0 aliphatic carbocycles. The smallest absolute Gasteiger partial charge is 0.322 e. The molecule has 0 unspecified atom stereocenters. The minimum atomic E-state index is -1.29. The first kappa shape index (κ1) is 44.2. The Hall–Kier alpha value is -4.81. The molecule has 0 spiro atoms. The third-order valence-electron chi connectivity index (χ3n) is 8.06. The fraction of sp³-hybridized carbons (Fsp3) is 0.719. The van der Waals surface area contributed by atoms with E-state index in [1.807, 2.05) is 13.8 Å². The third kappa shape index (κ3) is 15.3. The number of aliphatic carboxylic acids is 1. The average molecular weight is 726 g/mol. The van der Waals surface area contributed by atoms with Crippen LogP contribution in [0, 0.1) is 17.8 Å². The van der Waals surface area contributed by atoms with Crippen LogP contribution in [-0.2, 0) is 43.2 Å². The van der Waals surface area contributed by atoms with Gasteiger partial charge in [0.1, 0.15) is 36.8 Å². The van der Waals surface area contributed by atoms with Crippen LogP contribution in [0.5, 0.6) is 0 Å². The van der Waals surface area contributed by atoms with Crippen LogP contribution in [-0.4, -0.2) is 120 Å². The van der Waals surface area contributed by atoms with Gasteiger partial charge in [0.25, 0.3) is 0 Å². The summed E-state index contributed by atoms with van der Waals surface area (Å²) in [4.78, 5) is 114. The van der Waals surface area contributed by atoms with Crippen LogP contribution in [0.1, 0.15) is 73.6 Å². The predicted molar refractivity (Wildman–Crippen MR) is 183 cm³/mol. The normalized spacial score (nSPS) is 16.4. The van der Waals surface area contributed by atoms with Crippen molar-refractivity contribution in [2.75, 3.05) is 26.2 Å². The molecule has 11 N–H and O–H groups in total. The number of nitrogens with two attached hydrogens (primary N) is 2. The summed E-state index contributed by atoms with van der Waals surface area (Å²) in [6.07, 6.45) is 0.601. The highest BCUT2D eigenvalue weighted by Crippen LogP contribution is 2.18. The molecule has 1 aliphatic heterocycles. The summed E-state index contributed by atoms with van der Waals surface area (Å²) in [5.41, 5.74) is 10.8. The second-order valence-electron chi connectivity index (χ2n) is 13.6. The van der Waals surface area contributed by atoms with E-state index in [0.717, 1.165) is 0 Å². The minimum absolute atomic E-state index is 0.105. The summed E-state index contributed by atoms with van der Waals surface area (Å²) >= 11 is 0. The van der Waals surface area contributed by atoms with Crippen molar-refractivity contribution in [2.45, 2.75) is 104 Å². The van der Waals surface area contributed by atoms with Crippen molar-refractivity contribution < 1.29 is 48.3 Å². The molecule has 51 heavy (non-hydrogen) atoms. The van der Waals surface area contributed by atoms with Crippen molar-refractivity contribution in [3.8, 4) is 0 Å². The van der Waals surface area contributed by atoms with Crippen LogP contribution in [0.25, 0.3) is 0 Å². The molecule has 0 saturated carbocycles. The largest absolute Gasteiger partial charge is 0.480 e. The lowest BCUT2D eigenvalue weighted by Gasteiger charge is -2.30. The number of rotatable bonds is 21. The molecule has 8 amide bonds. The number of carboxylic acids is 1. The Balaban J connectivity index is 3.12. The standard InChI is InChI=1S/C32H55N9O10/c1-16(2)12-20(29(48)39-26(17(3)4)31(50)36-14-23(43)35-15-25(45)46)38-32(51)27(18(5)6)40-28(47)19(9-10-22(34)42)37-30(49)21-8-7-11-41(21)24(44)13-33/h16-21,26-27H,7-15,33H2,1-6H3,(H2,34,42)(H,35,43)(H,36,50)(H,37,49)(H,38,51)(H,39,48)(H,40,47)(H,45,46)/t19-,20+,21+,26+,27+/m1/s1. The molecule has 5 atom stereocenters. The number of likely N-dealkylation sites (tertiary alicyclic amines) is 1. The number of primary amides is 1. The number of carbonyl (C=O) groups is 9. The number of amides is 8. The zero-order valence-corrected chi connectivity index (χ0v) is 30.2. The van der Waals surface area contributed by atoms with Crippen molar-refractivity contribution in [3.05, 3.63) is 0 Å². The van der Waals surface area contributed by atoms with Gasteiger partial charge in [-0.3, -0.25) is 43.2 Å². The minimum Gasteiger partial charge on any atom is -0.480 e. The highest BCUT2D eigenvalue weighted by Gasteiger charge is 2.37. The highest BCUT2D eigenvalue weighted by atomic mass is 16.4. The van der Waals surface area contributed by atoms with E-state index < -0.39 is 108 Å². The van der Waals surface area contributed by atoms with Gasteiger partial charge in [-0.25, -0.2) is 0 Å². The highest BCUT2D eigenvalue weighted by molar-refractivity contribution is 5.97. The monoisotopic (exact) mass is 725 g/mol. The SMILES string of the molecule is CC(C)C[C@H](NC(=O)[C@@H](NC(=O)[C@@H](CCC(N)=O)NC(=O)[C@@H]1CCCN1C(=O)CN)C(C)C)C(=O)N[C@H](C(=O)NCC(=O)NCC(=O)O)C(C)C.